The lowest BCUT2D eigenvalue weighted by atomic mass is 10.1. The molecule has 0 radical (unpaired) electrons. The Labute approximate surface area is 155 Å². The lowest BCUT2D eigenvalue weighted by Crippen LogP contribution is -2.09. The highest BCUT2D eigenvalue weighted by Gasteiger charge is 2.14. The van der Waals surface area contributed by atoms with Crippen LogP contribution in [0.3, 0.4) is 0 Å². The number of rotatable bonds is 12. The smallest absolute Gasteiger partial charge is 0.294 e. The number of hydrogen-bond donors (Lipinski definition) is 2. The van der Waals surface area contributed by atoms with Gasteiger partial charge in [-0.3, -0.25) is 4.79 Å². The van der Waals surface area contributed by atoms with Gasteiger partial charge in [-0.15, -0.1) is 0 Å². The minimum atomic E-state index is -0.541. The average Bonchev–Trinajstić information content (AvgIpc) is 2.64. The lowest BCUT2D eigenvalue weighted by molar-refractivity contribution is 0.291. The molecule has 5 nitrogen and oxygen atoms in total. The van der Waals surface area contributed by atoms with Gasteiger partial charge < -0.3 is 19.6 Å². The van der Waals surface area contributed by atoms with E-state index in [0.717, 1.165) is 38.5 Å². The number of H-pyrrole nitrogens is 1. The summed E-state index contributed by atoms with van der Waals surface area (Å²) in [6.07, 6.45) is 8.88. The van der Waals surface area contributed by atoms with Crippen molar-refractivity contribution in [1.29, 1.82) is 0 Å². The van der Waals surface area contributed by atoms with Gasteiger partial charge in [-0.1, -0.05) is 52.4 Å². The largest absolute Gasteiger partial charge is 0.500 e. The number of benzene rings is 1. The van der Waals surface area contributed by atoms with Crippen LogP contribution in [-0.2, 0) is 0 Å². The van der Waals surface area contributed by atoms with Gasteiger partial charge in [-0.25, -0.2) is 0 Å². The summed E-state index contributed by atoms with van der Waals surface area (Å²) in [6.45, 7) is 5.48. The molecule has 2 N–H and O–H groups in total. The van der Waals surface area contributed by atoms with E-state index in [1.54, 1.807) is 6.07 Å². The highest BCUT2D eigenvalue weighted by molar-refractivity contribution is 5.88. The topological polar surface area (TPSA) is 71.5 Å². The first kappa shape index (κ1) is 20.1. The first-order valence-corrected chi connectivity index (χ1v) is 9.82. The average molecular weight is 361 g/mol. The Bertz CT molecular complexity index is 739. The molecule has 0 atom stereocenters. The van der Waals surface area contributed by atoms with Crippen LogP contribution in [0.15, 0.2) is 23.0 Å². The van der Waals surface area contributed by atoms with Crippen molar-refractivity contribution in [1.82, 2.24) is 4.98 Å². The molecule has 0 saturated carbocycles. The Morgan fingerprint density at radius 1 is 0.923 bits per heavy atom. The van der Waals surface area contributed by atoms with Gasteiger partial charge in [-0.2, -0.15) is 0 Å². The fraction of sp³-hybridized carbons (Fsp3) is 0.571. The number of ether oxygens (including phenoxy) is 2. The first-order valence-electron chi connectivity index (χ1n) is 9.82. The van der Waals surface area contributed by atoms with Gasteiger partial charge in [0.25, 0.3) is 5.56 Å². The first-order chi connectivity index (χ1) is 12.7. The maximum Gasteiger partial charge on any atom is 0.294 e. The normalized spacial score (nSPS) is 11.0. The molecule has 1 aromatic heterocycles. The molecule has 0 unspecified atom stereocenters. The van der Waals surface area contributed by atoms with Crippen molar-refractivity contribution in [2.75, 3.05) is 13.2 Å². The van der Waals surface area contributed by atoms with Gasteiger partial charge in [0.1, 0.15) is 5.75 Å². The summed E-state index contributed by atoms with van der Waals surface area (Å²) < 4.78 is 11.5. The number of aromatic hydroxyl groups is 1. The third kappa shape index (κ3) is 5.68. The summed E-state index contributed by atoms with van der Waals surface area (Å²) in [5.41, 5.74) is 0.0728. The second-order valence-electron chi connectivity index (χ2n) is 6.66. The molecule has 1 aromatic carbocycles. The van der Waals surface area contributed by atoms with Gasteiger partial charge >= 0.3 is 0 Å². The Morgan fingerprint density at radius 2 is 1.58 bits per heavy atom. The van der Waals surface area contributed by atoms with Crippen LogP contribution in [0.4, 0.5) is 0 Å². The van der Waals surface area contributed by atoms with Crippen molar-refractivity contribution in [2.45, 2.75) is 65.2 Å². The number of hydrogen-bond acceptors (Lipinski definition) is 4. The monoisotopic (exact) mass is 361 g/mol. The standard InChI is InChI=1S/C21H31NO4/c1-3-5-7-9-13-25-16-11-12-17-18(15-16)22-21(24)19(23)20(17)26-14-10-8-6-4-2/h11-12,15,23H,3-10,13-14H2,1-2H3,(H,22,24). The Hall–Kier alpha value is -2.17. The van der Waals surface area contributed by atoms with Gasteiger partial charge in [-0.05, 0) is 25.0 Å². The molecule has 0 saturated heterocycles. The number of aromatic nitrogens is 1. The minimum absolute atomic E-state index is 0.259. The molecule has 0 aliphatic heterocycles. The highest BCUT2D eigenvalue weighted by Crippen LogP contribution is 2.32. The predicted octanol–water partition coefficient (Wildman–Crippen LogP) is 5.15. The van der Waals surface area contributed by atoms with Gasteiger partial charge in [0.15, 0.2) is 5.75 Å². The van der Waals surface area contributed by atoms with Crippen molar-refractivity contribution in [3.8, 4) is 17.2 Å². The summed E-state index contributed by atoms with van der Waals surface area (Å²) in [5, 5.41) is 10.8. The van der Waals surface area contributed by atoms with Crippen molar-refractivity contribution in [3.63, 3.8) is 0 Å². The van der Waals surface area contributed by atoms with Crippen molar-refractivity contribution < 1.29 is 14.6 Å². The van der Waals surface area contributed by atoms with E-state index in [0.29, 0.717) is 29.9 Å². The molecule has 1 heterocycles. The summed E-state index contributed by atoms with van der Waals surface area (Å²) in [6, 6.07) is 5.47. The summed E-state index contributed by atoms with van der Waals surface area (Å²) in [4.78, 5) is 14.7. The molecule has 26 heavy (non-hydrogen) atoms. The lowest BCUT2D eigenvalue weighted by Gasteiger charge is -2.12. The van der Waals surface area contributed by atoms with E-state index in [1.807, 2.05) is 12.1 Å². The number of fused-ring (bicyclic) bond motifs is 1. The van der Waals surface area contributed by atoms with Crippen molar-refractivity contribution in [2.24, 2.45) is 0 Å². The number of nitrogens with one attached hydrogen (secondary N) is 1. The zero-order chi connectivity index (χ0) is 18.8. The molecular weight excluding hydrogens is 330 g/mol. The summed E-state index contributed by atoms with van der Waals surface area (Å²) in [5.74, 6) is 0.611. The van der Waals surface area contributed by atoms with Crippen LogP contribution < -0.4 is 15.0 Å². The van der Waals surface area contributed by atoms with E-state index < -0.39 is 5.56 Å². The molecule has 0 bridgehead atoms. The second kappa shape index (κ2) is 10.7. The van der Waals surface area contributed by atoms with Crippen LogP contribution in [0.1, 0.15) is 65.2 Å². The zero-order valence-electron chi connectivity index (χ0n) is 16.0. The van der Waals surface area contributed by atoms with Crippen molar-refractivity contribution >= 4 is 10.9 Å². The third-order valence-electron chi connectivity index (χ3n) is 4.42. The van der Waals surface area contributed by atoms with Crippen LogP contribution >= 0.6 is 0 Å². The van der Waals surface area contributed by atoms with E-state index in [4.69, 9.17) is 9.47 Å². The highest BCUT2D eigenvalue weighted by atomic mass is 16.5. The van der Waals surface area contributed by atoms with E-state index in [2.05, 4.69) is 18.8 Å². The molecule has 144 valence electrons. The minimum Gasteiger partial charge on any atom is -0.500 e. The summed E-state index contributed by atoms with van der Waals surface area (Å²) in [7, 11) is 0. The van der Waals surface area contributed by atoms with Gasteiger partial charge in [0.2, 0.25) is 5.75 Å². The fourth-order valence-corrected chi connectivity index (χ4v) is 2.89. The van der Waals surface area contributed by atoms with Crippen molar-refractivity contribution in [3.05, 3.63) is 28.6 Å². The van der Waals surface area contributed by atoms with Crippen LogP contribution in [0.2, 0.25) is 0 Å². The van der Waals surface area contributed by atoms with Crippen LogP contribution in [0.5, 0.6) is 17.2 Å². The van der Waals surface area contributed by atoms with Crippen LogP contribution in [0, 0.1) is 0 Å². The number of pyridine rings is 1. The predicted molar refractivity (Wildman–Crippen MR) is 106 cm³/mol. The molecule has 2 aromatic rings. The second-order valence-corrected chi connectivity index (χ2v) is 6.66. The van der Waals surface area contributed by atoms with Gasteiger partial charge in [0, 0.05) is 11.5 Å². The quantitative estimate of drug-likeness (QED) is 0.513. The van der Waals surface area contributed by atoms with E-state index >= 15 is 0 Å². The maximum absolute atomic E-state index is 12.0. The molecule has 0 spiro atoms. The zero-order valence-corrected chi connectivity index (χ0v) is 16.0. The molecule has 0 amide bonds. The Balaban J connectivity index is 2.08. The Kier molecular flexibility index (Phi) is 8.32. The molecule has 0 aliphatic rings. The molecular formula is C21H31NO4. The van der Waals surface area contributed by atoms with E-state index in [-0.39, 0.29) is 11.5 Å². The van der Waals surface area contributed by atoms with E-state index in [9.17, 15) is 9.90 Å². The third-order valence-corrected chi connectivity index (χ3v) is 4.42. The van der Waals surface area contributed by atoms with Crippen LogP contribution in [0.25, 0.3) is 10.9 Å². The maximum atomic E-state index is 12.0. The fourth-order valence-electron chi connectivity index (χ4n) is 2.89. The molecule has 5 heteroatoms. The molecule has 0 aliphatic carbocycles. The molecule has 0 fully saturated rings. The SMILES string of the molecule is CCCCCCOc1ccc2c(OCCCCCC)c(O)c(=O)[nH]c2c1. The Morgan fingerprint density at radius 3 is 2.23 bits per heavy atom. The summed E-state index contributed by atoms with van der Waals surface area (Å²) >= 11 is 0. The van der Waals surface area contributed by atoms with E-state index in [1.165, 1.54) is 12.8 Å². The molecule has 2 rings (SSSR count). The number of aromatic amines is 1. The van der Waals surface area contributed by atoms with Gasteiger partial charge in [0.05, 0.1) is 18.7 Å². The van der Waals surface area contributed by atoms with Crippen LogP contribution in [-0.4, -0.2) is 23.3 Å². The number of unbranched alkanes of at least 4 members (excludes halogenated alkanes) is 6.